The molecule has 2 aliphatic rings. The normalized spacial score (nSPS) is 27.0. The van der Waals surface area contributed by atoms with Crippen LogP contribution in [0, 0.1) is 5.41 Å². The fraction of sp³-hybridized carbons (Fsp3) is 0.562. The summed E-state index contributed by atoms with van der Waals surface area (Å²) < 4.78 is 29.6. The predicted molar refractivity (Wildman–Crippen MR) is 88.3 cm³/mol. The first kappa shape index (κ1) is 15.8. The fourth-order valence-electron chi connectivity index (χ4n) is 3.77. The Morgan fingerprint density at radius 1 is 1.04 bits per heavy atom. The van der Waals surface area contributed by atoms with Crippen molar-refractivity contribution in [1.29, 1.82) is 0 Å². The highest BCUT2D eigenvalue weighted by Gasteiger charge is 2.59. The first-order chi connectivity index (χ1) is 11.6. The average molecular weight is 351 g/mol. The van der Waals surface area contributed by atoms with Crippen LogP contribution in [-0.2, 0) is 6.54 Å². The zero-order valence-electron chi connectivity index (χ0n) is 13.2. The van der Waals surface area contributed by atoms with E-state index in [0.717, 1.165) is 5.01 Å². The zero-order chi connectivity index (χ0) is 16.6. The molecule has 0 radical (unpaired) electrons. The van der Waals surface area contributed by atoms with Crippen molar-refractivity contribution in [2.75, 3.05) is 31.1 Å². The maximum absolute atomic E-state index is 14.8. The van der Waals surface area contributed by atoms with Gasteiger partial charge in [-0.25, -0.2) is 23.7 Å². The largest absolute Gasteiger partial charge is 0.340 e. The van der Waals surface area contributed by atoms with Gasteiger partial charge in [0.1, 0.15) is 5.01 Å². The van der Waals surface area contributed by atoms with E-state index >= 15 is 0 Å². The second-order valence-electron chi connectivity index (χ2n) is 6.59. The molecule has 0 aliphatic carbocycles. The van der Waals surface area contributed by atoms with Gasteiger partial charge < -0.3 is 4.90 Å². The molecule has 2 aromatic heterocycles. The van der Waals surface area contributed by atoms with Crippen LogP contribution >= 0.6 is 11.3 Å². The number of likely N-dealkylation sites (tertiary alicyclic amines) is 1. The topological polar surface area (TPSA) is 45.2 Å². The second-order valence-corrected chi connectivity index (χ2v) is 7.57. The Bertz CT molecular complexity index is 681. The smallest absolute Gasteiger partial charge is 0.257 e. The Labute approximate surface area is 143 Å². The fourth-order valence-corrected chi connectivity index (χ4v) is 4.43. The minimum atomic E-state index is -2.66. The van der Waals surface area contributed by atoms with Crippen molar-refractivity contribution in [3.05, 3.63) is 35.0 Å². The van der Waals surface area contributed by atoms with E-state index in [1.807, 2.05) is 10.3 Å². The van der Waals surface area contributed by atoms with Crippen molar-refractivity contribution in [1.82, 2.24) is 19.9 Å². The number of anilines is 1. The zero-order valence-corrected chi connectivity index (χ0v) is 14.1. The highest BCUT2D eigenvalue weighted by Crippen LogP contribution is 2.50. The summed E-state index contributed by atoms with van der Waals surface area (Å²) in [6, 6.07) is 1.74. The second kappa shape index (κ2) is 6.00. The molecule has 0 bridgehead atoms. The number of halogens is 2. The number of aromatic nitrogens is 3. The van der Waals surface area contributed by atoms with Crippen molar-refractivity contribution >= 4 is 17.3 Å². The molecule has 0 saturated carbocycles. The van der Waals surface area contributed by atoms with Crippen molar-refractivity contribution in [3.63, 3.8) is 0 Å². The highest BCUT2D eigenvalue weighted by molar-refractivity contribution is 7.09. The minimum absolute atomic E-state index is 0.0954. The molecular weight excluding hydrogens is 332 g/mol. The summed E-state index contributed by atoms with van der Waals surface area (Å²) >= 11 is 1.57. The number of hydrogen-bond donors (Lipinski definition) is 0. The number of nitrogens with zero attached hydrogens (tertiary/aromatic N) is 5. The number of hydrogen-bond acceptors (Lipinski definition) is 6. The van der Waals surface area contributed by atoms with Crippen molar-refractivity contribution in [2.24, 2.45) is 5.41 Å². The summed E-state index contributed by atoms with van der Waals surface area (Å²) in [5.74, 6) is -2.11. The van der Waals surface area contributed by atoms with Gasteiger partial charge in [-0.2, -0.15) is 0 Å². The number of rotatable bonds is 3. The molecule has 8 heteroatoms. The monoisotopic (exact) mass is 351 g/mol. The van der Waals surface area contributed by atoms with E-state index in [1.165, 1.54) is 0 Å². The molecule has 1 atom stereocenters. The molecule has 0 amide bonds. The lowest BCUT2D eigenvalue weighted by Gasteiger charge is -2.45. The van der Waals surface area contributed by atoms with Crippen molar-refractivity contribution in [3.8, 4) is 0 Å². The van der Waals surface area contributed by atoms with Gasteiger partial charge in [-0.15, -0.1) is 11.3 Å². The van der Waals surface area contributed by atoms with Gasteiger partial charge in [0.2, 0.25) is 5.95 Å². The van der Waals surface area contributed by atoms with Crippen LogP contribution in [0.15, 0.2) is 30.0 Å². The van der Waals surface area contributed by atoms with Gasteiger partial charge in [0, 0.05) is 56.6 Å². The first-order valence-corrected chi connectivity index (χ1v) is 8.97. The van der Waals surface area contributed by atoms with E-state index in [9.17, 15) is 8.78 Å². The van der Waals surface area contributed by atoms with E-state index in [0.29, 0.717) is 45.1 Å². The number of thiazole rings is 1. The standard InChI is InChI=1S/C16H19F2N5S/c17-16(18)3-7-22(10-13-19-6-9-24-13)11-15(16)2-8-23(12-15)14-20-4-1-5-21-14/h1,4-6,9H,2-3,7-8,10-12H2. The number of alkyl halides is 2. The summed E-state index contributed by atoms with van der Waals surface area (Å²) in [5.41, 5.74) is -1.03. The summed E-state index contributed by atoms with van der Waals surface area (Å²) in [4.78, 5) is 16.7. The van der Waals surface area contributed by atoms with E-state index in [-0.39, 0.29) is 6.42 Å². The Hall–Kier alpha value is -1.67. The molecular formula is C16H19F2N5S. The Kier molecular flexibility index (Phi) is 3.96. The van der Waals surface area contributed by atoms with Crippen LogP contribution in [0.5, 0.6) is 0 Å². The van der Waals surface area contributed by atoms with Crippen LogP contribution in [0.2, 0.25) is 0 Å². The molecule has 2 fully saturated rings. The van der Waals surface area contributed by atoms with E-state index in [2.05, 4.69) is 19.9 Å². The molecule has 1 unspecified atom stereocenters. The maximum Gasteiger partial charge on any atom is 0.257 e. The van der Waals surface area contributed by atoms with Crippen LogP contribution in [0.3, 0.4) is 0 Å². The molecule has 2 aliphatic heterocycles. The van der Waals surface area contributed by atoms with E-state index in [1.54, 1.807) is 36.0 Å². The summed E-state index contributed by atoms with van der Waals surface area (Å²) in [6.45, 7) is 2.33. The van der Waals surface area contributed by atoms with Gasteiger partial charge in [-0.05, 0) is 12.5 Å². The lowest BCUT2D eigenvalue weighted by molar-refractivity contribution is -0.158. The molecule has 4 rings (SSSR count). The van der Waals surface area contributed by atoms with Crippen LogP contribution in [0.4, 0.5) is 14.7 Å². The third kappa shape index (κ3) is 2.77. The van der Waals surface area contributed by atoms with Crippen LogP contribution < -0.4 is 4.90 Å². The molecule has 0 N–H and O–H groups in total. The summed E-state index contributed by atoms with van der Waals surface area (Å²) in [5, 5.41) is 2.91. The molecule has 2 aromatic rings. The van der Waals surface area contributed by atoms with Gasteiger partial charge in [-0.1, -0.05) is 0 Å². The van der Waals surface area contributed by atoms with Gasteiger partial charge in [0.15, 0.2) is 0 Å². The van der Waals surface area contributed by atoms with Crippen LogP contribution in [-0.4, -0.2) is 52.0 Å². The SMILES string of the molecule is FC1(F)CCN(Cc2nccs2)CC12CCN(c1ncccn1)C2. The van der Waals surface area contributed by atoms with E-state index in [4.69, 9.17) is 0 Å². The molecule has 0 aromatic carbocycles. The van der Waals surface area contributed by atoms with Crippen LogP contribution in [0.25, 0.3) is 0 Å². The maximum atomic E-state index is 14.8. The molecule has 4 heterocycles. The van der Waals surface area contributed by atoms with Gasteiger partial charge in [-0.3, -0.25) is 4.90 Å². The lowest BCUT2D eigenvalue weighted by atomic mass is 9.75. The Morgan fingerprint density at radius 2 is 1.88 bits per heavy atom. The first-order valence-electron chi connectivity index (χ1n) is 8.09. The Balaban J connectivity index is 1.53. The van der Waals surface area contributed by atoms with Crippen molar-refractivity contribution < 1.29 is 8.78 Å². The third-order valence-electron chi connectivity index (χ3n) is 5.08. The lowest BCUT2D eigenvalue weighted by Crippen LogP contribution is -2.56. The molecule has 2 saturated heterocycles. The molecule has 24 heavy (non-hydrogen) atoms. The van der Waals surface area contributed by atoms with E-state index < -0.39 is 11.3 Å². The quantitative estimate of drug-likeness (QED) is 0.851. The third-order valence-corrected chi connectivity index (χ3v) is 5.84. The molecule has 5 nitrogen and oxygen atoms in total. The van der Waals surface area contributed by atoms with Crippen molar-refractivity contribution in [2.45, 2.75) is 25.3 Å². The van der Waals surface area contributed by atoms with Gasteiger partial charge >= 0.3 is 0 Å². The Morgan fingerprint density at radius 3 is 2.62 bits per heavy atom. The molecule has 1 spiro atoms. The summed E-state index contributed by atoms with van der Waals surface area (Å²) in [7, 11) is 0. The predicted octanol–water partition coefficient (Wildman–Crippen LogP) is 2.67. The summed E-state index contributed by atoms with van der Waals surface area (Å²) in [6.07, 6.45) is 5.44. The minimum Gasteiger partial charge on any atom is -0.340 e. The molecule has 128 valence electrons. The van der Waals surface area contributed by atoms with Gasteiger partial charge in [0.25, 0.3) is 5.92 Å². The average Bonchev–Trinajstić information content (AvgIpc) is 3.23. The number of piperidine rings is 1. The van der Waals surface area contributed by atoms with Gasteiger partial charge in [0.05, 0.1) is 12.0 Å². The van der Waals surface area contributed by atoms with Crippen LogP contribution in [0.1, 0.15) is 17.8 Å². The highest BCUT2D eigenvalue weighted by atomic mass is 32.1.